The lowest BCUT2D eigenvalue weighted by Crippen LogP contribution is -2.33. The van der Waals surface area contributed by atoms with Crippen LogP contribution in [0.15, 0.2) is 17.0 Å². The van der Waals surface area contributed by atoms with Gasteiger partial charge in [0.05, 0.1) is 10.6 Å². The molecule has 0 fully saturated rings. The van der Waals surface area contributed by atoms with E-state index in [2.05, 4.69) is 0 Å². The number of halogens is 1. The van der Waals surface area contributed by atoms with Crippen molar-refractivity contribution in [1.82, 2.24) is 4.31 Å². The van der Waals surface area contributed by atoms with Crippen molar-refractivity contribution in [3.05, 3.63) is 23.5 Å². The van der Waals surface area contributed by atoms with Gasteiger partial charge in [0.15, 0.2) is 0 Å². The van der Waals surface area contributed by atoms with E-state index in [-0.39, 0.29) is 22.2 Å². The smallest absolute Gasteiger partial charge is 0.243 e. The van der Waals surface area contributed by atoms with Crippen molar-refractivity contribution in [1.29, 1.82) is 0 Å². The Labute approximate surface area is 101 Å². The van der Waals surface area contributed by atoms with Gasteiger partial charge in [-0.15, -0.1) is 0 Å². The minimum Gasteiger partial charge on any atom is -0.396 e. The van der Waals surface area contributed by atoms with E-state index in [0.717, 1.165) is 6.07 Å². The third-order valence-corrected chi connectivity index (χ3v) is 4.67. The molecule has 0 spiro atoms. The third-order valence-electron chi connectivity index (χ3n) is 2.66. The Morgan fingerprint density at radius 3 is 2.29 bits per heavy atom. The molecule has 0 amide bonds. The number of sulfonamides is 1. The highest BCUT2D eigenvalue weighted by Crippen LogP contribution is 2.23. The number of hydrogen-bond donors (Lipinski definition) is 1. The predicted molar refractivity (Wildman–Crippen MR) is 65.6 cm³/mol. The molecule has 96 valence electrons. The molecule has 0 aliphatic carbocycles. The van der Waals surface area contributed by atoms with Crippen LogP contribution >= 0.6 is 0 Å². The van der Waals surface area contributed by atoms with Gasteiger partial charge in [-0.05, 0) is 38.5 Å². The summed E-state index contributed by atoms with van der Waals surface area (Å²) in [6, 6.07) is 2.27. The summed E-state index contributed by atoms with van der Waals surface area (Å²) in [4.78, 5) is 0.0186. The monoisotopic (exact) mass is 260 g/mol. The predicted octanol–water partition coefficient (Wildman–Crippen LogP) is 1.75. The molecule has 0 aliphatic rings. The molecule has 6 heteroatoms. The lowest BCUT2D eigenvalue weighted by atomic mass is 10.2. The Morgan fingerprint density at radius 2 is 1.88 bits per heavy atom. The number of benzene rings is 1. The zero-order valence-electron chi connectivity index (χ0n) is 10.4. The second-order valence-corrected chi connectivity index (χ2v) is 6.26. The summed E-state index contributed by atoms with van der Waals surface area (Å²) in [7, 11) is -2.13. The van der Waals surface area contributed by atoms with E-state index in [1.165, 1.54) is 24.3 Å². The Balaban J connectivity index is 3.35. The number of nitrogen functional groups attached to an aromatic ring is 1. The van der Waals surface area contributed by atoms with Crippen LogP contribution in [0, 0.1) is 12.7 Å². The average molecular weight is 260 g/mol. The van der Waals surface area contributed by atoms with E-state index in [1.54, 1.807) is 13.8 Å². The number of nitrogens with two attached hydrogens (primary N) is 1. The van der Waals surface area contributed by atoms with Crippen LogP contribution < -0.4 is 5.73 Å². The second kappa shape index (κ2) is 4.62. The standard InChI is InChI=1S/C11H17FN2O2S/c1-7(2)14(4)17(15,16)9-5-8(3)11(12)10(13)6-9/h5-7H,13H2,1-4H3. The first-order valence-corrected chi connectivity index (χ1v) is 6.65. The van der Waals surface area contributed by atoms with Crippen LogP contribution in [0.25, 0.3) is 0 Å². The van der Waals surface area contributed by atoms with E-state index in [4.69, 9.17) is 5.73 Å². The van der Waals surface area contributed by atoms with Crippen LogP contribution in [-0.2, 0) is 10.0 Å². The number of aryl methyl sites for hydroxylation is 1. The fourth-order valence-electron chi connectivity index (χ4n) is 1.36. The maximum Gasteiger partial charge on any atom is 0.243 e. The van der Waals surface area contributed by atoms with Crippen LogP contribution in [0.5, 0.6) is 0 Å². The third kappa shape index (κ3) is 2.58. The summed E-state index contributed by atoms with van der Waals surface area (Å²) >= 11 is 0. The molecular formula is C11H17FN2O2S. The average Bonchev–Trinajstić information content (AvgIpc) is 2.23. The van der Waals surface area contributed by atoms with Gasteiger partial charge in [-0.25, -0.2) is 12.8 Å². The van der Waals surface area contributed by atoms with E-state index in [0.29, 0.717) is 0 Å². The van der Waals surface area contributed by atoms with Gasteiger partial charge >= 0.3 is 0 Å². The van der Waals surface area contributed by atoms with Crippen molar-refractivity contribution in [2.75, 3.05) is 12.8 Å². The molecule has 1 rings (SSSR count). The Kier molecular flexibility index (Phi) is 3.78. The summed E-state index contributed by atoms with van der Waals surface area (Å²) in [5.41, 5.74) is 5.51. The number of anilines is 1. The largest absolute Gasteiger partial charge is 0.396 e. The summed E-state index contributed by atoms with van der Waals surface area (Å²) in [6.45, 7) is 5.01. The van der Waals surface area contributed by atoms with E-state index in [1.807, 2.05) is 0 Å². The van der Waals surface area contributed by atoms with Crippen LogP contribution in [0.1, 0.15) is 19.4 Å². The maximum absolute atomic E-state index is 13.3. The molecule has 0 heterocycles. The molecule has 2 N–H and O–H groups in total. The molecule has 4 nitrogen and oxygen atoms in total. The molecule has 0 bridgehead atoms. The van der Waals surface area contributed by atoms with Crippen LogP contribution in [0.4, 0.5) is 10.1 Å². The summed E-state index contributed by atoms with van der Waals surface area (Å²) in [6.07, 6.45) is 0. The van der Waals surface area contributed by atoms with E-state index < -0.39 is 15.8 Å². The molecule has 0 unspecified atom stereocenters. The van der Waals surface area contributed by atoms with Crippen molar-refractivity contribution in [2.24, 2.45) is 0 Å². The summed E-state index contributed by atoms with van der Waals surface area (Å²) in [5, 5.41) is 0. The fraction of sp³-hybridized carbons (Fsp3) is 0.455. The molecule has 0 aliphatic heterocycles. The van der Waals surface area contributed by atoms with Crippen molar-refractivity contribution in [2.45, 2.75) is 31.7 Å². The zero-order chi connectivity index (χ0) is 13.4. The molecule has 0 atom stereocenters. The van der Waals surface area contributed by atoms with Gasteiger partial charge in [-0.3, -0.25) is 0 Å². The normalized spacial score (nSPS) is 12.4. The molecular weight excluding hydrogens is 243 g/mol. The van der Waals surface area contributed by atoms with Gasteiger partial charge in [0, 0.05) is 13.1 Å². The molecule has 0 aromatic heterocycles. The van der Waals surface area contributed by atoms with Crippen LogP contribution in [0.2, 0.25) is 0 Å². The van der Waals surface area contributed by atoms with Gasteiger partial charge in [-0.1, -0.05) is 0 Å². The summed E-state index contributed by atoms with van der Waals surface area (Å²) < 4.78 is 38.8. The Morgan fingerprint density at radius 1 is 1.35 bits per heavy atom. The SMILES string of the molecule is Cc1cc(S(=O)(=O)N(C)C(C)C)cc(N)c1F. The fourth-order valence-corrected chi connectivity index (χ4v) is 2.84. The number of nitrogens with zero attached hydrogens (tertiary/aromatic N) is 1. The maximum atomic E-state index is 13.3. The molecule has 1 aromatic rings. The van der Waals surface area contributed by atoms with Crippen molar-refractivity contribution >= 4 is 15.7 Å². The minimum absolute atomic E-state index is 0.0186. The topological polar surface area (TPSA) is 63.4 Å². The molecule has 0 saturated heterocycles. The van der Waals surface area contributed by atoms with E-state index in [9.17, 15) is 12.8 Å². The quantitative estimate of drug-likeness (QED) is 0.842. The van der Waals surface area contributed by atoms with Gasteiger partial charge in [0.25, 0.3) is 0 Å². The lowest BCUT2D eigenvalue weighted by Gasteiger charge is -2.21. The molecule has 17 heavy (non-hydrogen) atoms. The first kappa shape index (κ1) is 13.9. The van der Waals surface area contributed by atoms with Crippen molar-refractivity contribution in [3.8, 4) is 0 Å². The van der Waals surface area contributed by atoms with Gasteiger partial charge < -0.3 is 5.73 Å². The molecule has 0 radical (unpaired) electrons. The highest BCUT2D eigenvalue weighted by Gasteiger charge is 2.24. The first-order valence-electron chi connectivity index (χ1n) is 5.21. The lowest BCUT2D eigenvalue weighted by molar-refractivity contribution is 0.410. The minimum atomic E-state index is -3.61. The van der Waals surface area contributed by atoms with Crippen LogP contribution in [-0.4, -0.2) is 25.8 Å². The van der Waals surface area contributed by atoms with Crippen molar-refractivity contribution < 1.29 is 12.8 Å². The number of rotatable bonds is 3. The van der Waals surface area contributed by atoms with Gasteiger partial charge in [0.2, 0.25) is 10.0 Å². The highest BCUT2D eigenvalue weighted by atomic mass is 32.2. The van der Waals surface area contributed by atoms with Crippen LogP contribution in [0.3, 0.4) is 0 Å². The van der Waals surface area contributed by atoms with Crippen molar-refractivity contribution in [3.63, 3.8) is 0 Å². The zero-order valence-corrected chi connectivity index (χ0v) is 11.2. The molecule has 1 aromatic carbocycles. The highest BCUT2D eigenvalue weighted by molar-refractivity contribution is 7.89. The Hall–Kier alpha value is -1.14. The Bertz CT molecular complexity index is 503. The summed E-state index contributed by atoms with van der Waals surface area (Å²) in [5.74, 6) is -0.573. The van der Waals surface area contributed by atoms with E-state index >= 15 is 0 Å². The molecule has 0 saturated carbocycles. The van der Waals surface area contributed by atoms with Gasteiger partial charge in [-0.2, -0.15) is 4.31 Å². The number of hydrogen-bond acceptors (Lipinski definition) is 3. The van der Waals surface area contributed by atoms with Gasteiger partial charge in [0.1, 0.15) is 5.82 Å². The second-order valence-electron chi connectivity index (χ2n) is 4.26. The first-order chi connectivity index (χ1) is 7.67.